The van der Waals surface area contributed by atoms with Crippen LogP contribution in [-0.4, -0.2) is 35.7 Å². The van der Waals surface area contributed by atoms with Gasteiger partial charge in [-0.3, -0.25) is 0 Å². The summed E-state index contributed by atoms with van der Waals surface area (Å²) in [5.41, 5.74) is 2.14. The Morgan fingerprint density at radius 3 is 2.17 bits per heavy atom. The highest BCUT2D eigenvalue weighted by atomic mass is 16.3. The van der Waals surface area contributed by atoms with Crippen molar-refractivity contribution in [2.24, 2.45) is 0 Å². The predicted octanol–water partition coefficient (Wildman–Crippen LogP) is 3.06. The van der Waals surface area contributed by atoms with Crippen molar-refractivity contribution in [1.82, 2.24) is 4.90 Å². The molecule has 0 fully saturated rings. The summed E-state index contributed by atoms with van der Waals surface area (Å²) in [6, 6.07) is 8.87. The van der Waals surface area contributed by atoms with E-state index in [-0.39, 0.29) is 0 Å². The average Bonchev–Trinajstić information content (AvgIpc) is 2.24. The number of rotatable bonds is 6. The minimum absolute atomic E-state index is 0.594. The van der Waals surface area contributed by atoms with Gasteiger partial charge in [0.05, 0.1) is 5.60 Å². The van der Waals surface area contributed by atoms with E-state index in [0.717, 1.165) is 13.0 Å². The maximum atomic E-state index is 9.74. The number of likely N-dealkylation sites (N-methyl/N-ethyl adjacent to an activating group) is 1. The average molecular weight is 249 g/mol. The predicted molar refractivity (Wildman–Crippen MR) is 78.0 cm³/mol. The van der Waals surface area contributed by atoms with Gasteiger partial charge in [0.25, 0.3) is 0 Å². The molecule has 1 rings (SSSR count). The molecule has 0 saturated heterocycles. The summed E-state index contributed by atoms with van der Waals surface area (Å²) in [4.78, 5) is 2.18. The summed E-state index contributed by atoms with van der Waals surface area (Å²) in [7, 11) is 2.06. The zero-order chi connectivity index (χ0) is 13.8. The van der Waals surface area contributed by atoms with Gasteiger partial charge in [-0.05, 0) is 44.4 Å². The van der Waals surface area contributed by atoms with Gasteiger partial charge in [0.15, 0.2) is 0 Å². The van der Waals surface area contributed by atoms with E-state index in [0.29, 0.717) is 12.5 Å². The molecule has 0 heterocycles. The Balaban J connectivity index is 2.44. The fourth-order valence-electron chi connectivity index (χ4n) is 2.13. The molecule has 0 bridgehead atoms. The third kappa shape index (κ3) is 5.65. The Morgan fingerprint density at radius 1 is 1.17 bits per heavy atom. The van der Waals surface area contributed by atoms with Crippen LogP contribution in [0.15, 0.2) is 24.3 Å². The summed E-state index contributed by atoms with van der Waals surface area (Å²) in [5, 5.41) is 9.74. The van der Waals surface area contributed by atoms with Gasteiger partial charge in [-0.2, -0.15) is 0 Å². The Labute approximate surface area is 112 Å². The molecular weight excluding hydrogens is 222 g/mol. The van der Waals surface area contributed by atoms with Gasteiger partial charge in [-0.1, -0.05) is 38.1 Å². The van der Waals surface area contributed by atoms with E-state index in [2.05, 4.69) is 50.1 Å². The molecule has 1 aromatic rings. The van der Waals surface area contributed by atoms with Gasteiger partial charge in [0.2, 0.25) is 0 Å². The van der Waals surface area contributed by atoms with E-state index in [1.54, 1.807) is 0 Å². The van der Waals surface area contributed by atoms with Crippen LogP contribution in [0.1, 0.15) is 44.7 Å². The van der Waals surface area contributed by atoms with Crippen LogP contribution in [0.2, 0.25) is 0 Å². The van der Waals surface area contributed by atoms with Crippen LogP contribution in [0.5, 0.6) is 0 Å². The van der Waals surface area contributed by atoms with Crippen LogP contribution < -0.4 is 0 Å². The Kier molecular flexibility index (Phi) is 5.36. The minimum atomic E-state index is -0.615. The minimum Gasteiger partial charge on any atom is -0.389 e. The molecule has 18 heavy (non-hydrogen) atoms. The number of hydrogen-bond donors (Lipinski definition) is 1. The number of hydrogen-bond acceptors (Lipinski definition) is 2. The topological polar surface area (TPSA) is 23.5 Å². The van der Waals surface area contributed by atoms with Crippen molar-refractivity contribution < 1.29 is 5.11 Å². The first-order valence-corrected chi connectivity index (χ1v) is 6.78. The molecule has 0 aliphatic carbocycles. The van der Waals surface area contributed by atoms with E-state index in [4.69, 9.17) is 0 Å². The van der Waals surface area contributed by atoms with Crippen LogP contribution >= 0.6 is 0 Å². The van der Waals surface area contributed by atoms with Crippen molar-refractivity contribution in [3.8, 4) is 0 Å². The molecular formula is C16H27NO. The van der Waals surface area contributed by atoms with Crippen LogP contribution in [0.4, 0.5) is 0 Å². The zero-order valence-electron chi connectivity index (χ0n) is 12.4. The number of aliphatic hydroxyl groups is 1. The lowest BCUT2D eigenvalue weighted by atomic mass is 10.0. The van der Waals surface area contributed by atoms with Crippen molar-refractivity contribution in [3.05, 3.63) is 35.4 Å². The van der Waals surface area contributed by atoms with Crippen LogP contribution in [0, 0.1) is 0 Å². The standard InChI is InChI=1S/C16H27NO/c1-13(2)15-8-6-14(7-9-15)10-11-17(5)12-16(3,4)18/h6-9,13,18H,10-12H2,1-5H3. The molecule has 2 nitrogen and oxygen atoms in total. The van der Waals surface area contributed by atoms with Crippen molar-refractivity contribution in [3.63, 3.8) is 0 Å². The molecule has 0 radical (unpaired) electrons. The highest BCUT2D eigenvalue weighted by molar-refractivity contribution is 5.24. The van der Waals surface area contributed by atoms with E-state index in [9.17, 15) is 5.11 Å². The first-order chi connectivity index (χ1) is 8.28. The molecule has 2 heteroatoms. The van der Waals surface area contributed by atoms with Gasteiger partial charge in [0.1, 0.15) is 0 Å². The fourth-order valence-corrected chi connectivity index (χ4v) is 2.13. The smallest absolute Gasteiger partial charge is 0.0718 e. The van der Waals surface area contributed by atoms with Crippen molar-refractivity contribution >= 4 is 0 Å². The molecule has 0 aliphatic heterocycles. The lowest BCUT2D eigenvalue weighted by molar-refractivity contribution is 0.0450. The summed E-state index contributed by atoms with van der Waals surface area (Å²) < 4.78 is 0. The summed E-state index contributed by atoms with van der Waals surface area (Å²) >= 11 is 0. The lowest BCUT2D eigenvalue weighted by Gasteiger charge is -2.25. The molecule has 1 aromatic carbocycles. The second kappa shape index (κ2) is 6.35. The summed E-state index contributed by atoms with van der Waals surface area (Å²) in [6.45, 7) is 9.81. The van der Waals surface area contributed by atoms with Gasteiger partial charge in [-0.25, -0.2) is 0 Å². The maximum Gasteiger partial charge on any atom is 0.0718 e. The molecule has 0 amide bonds. The van der Waals surface area contributed by atoms with E-state index in [1.165, 1.54) is 11.1 Å². The molecule has 0 saturated carbocycles. The molecule has 0 aliphatic rings. The molecule has 0 unspecified atom stereocenters. The molecule has 102 valence electrons. The van der Waals surface area contributed by atoms with E-state index < -0.39 is 5.60 Å². The van der Waals surface area contributed by atoms with E-state index in [1.807, 2.05) is 13.8 Å². The molecule has 1 N–H and O–H groups in total. The molecule has 0 atom stereocenters. The zero-order valence-corrected chi connectivity index (χ0v) is 12.4. The normalized spacial score (nSPS) is 12.4. The summed E-state index contributed by atoms with van der Waals surface area (Å²) in [6.07, 6.45) is 1.03. The Hall–Kier alpha value is -0.860. The fraction of sp³-hybridized carbons (Fsp3) is 0.625. The maximum absolute atomic E-state index is 9.74. The van der Waals surface area contributed by atoms with Gasteiger partial charge in [0, 0.05) is 13.1 Å². The third-order valence-electron chi connectivity index (χ3n) is 3.09. The largest absolute Gasteiger partial charge is 0.389 e. The lowest BCUT2D eigenvalue weighted by Crippen LogP contribution is -2.37. The third-order valence-corrected chi connectivity index (χ3v) is 3.09. The highest BCUT2D eigenvalue weighted by Gasteiger charge is 2.15. The first-order valence-electron chi connectivity index (χ1n) is 6.78. The molecule has 0 aromatic heterocycles. The Morgan fingerprint density at radius 2 is 1.72 bits per heavy atom. The van der Waals surface area contributed by atoms with Gasteiger partial charge >= 0.3 is 0 Å². The SMILES string of the molecule is CC(C)c1ccc(CCN(C)CC(C)(C)O)cc1. The molecule has 0 spiro atoms. The highest BCUT2D eigenvalue weighted by Crippen LogP contribution is 2.15. The van der Waals surface area contributed by atoms with Gasteiger partial charge in [-0.15, -0.1) is 0 Å². The summed E-state index contributed by atoms with van der Waals surface area (Å²) in [5.74, 6) is 0.594. The monoisotopic (exact) mass is 249 g/mol. The van der Waals surface area contributed by atoms with Crippen molar-refractivity contribution in [2.75, 3.05) is 20.1 Å². The Bertz CT molecular complexity index is 348. The quantitative estimate of drug-likeness (QED) is 0.837. The van der Waals surface area contributed by atoms with Crippen LogP contribution in [0.3, 0.4) is 0 Å². The second-order valence-corrected chi connectivity index (χ2v) is 6.20. The van der Waals surface area contributed by atoms with Crippen molar-refractivity contribution in [1.29, 1.82) is 0 Å². The van der Waals surface area contributed by atoms with Crippen LogP contribution in [0.25, 0.3) is 0 Å². The second-order valence-electron chi connectivity index (χ2n) is 6.20. The van der Waals surface area contributed by atoms with Crippen LogP contribution in [-0.2, 0) is 6.42 Å². The van der Waals surface area contributed by atoms with Crippen molar-refractivity contribution in [2.45, 2.75) is 45.6 Å². The van der Waals surface area contributed by atoms with Gasteiger partial charge < -0.3 is 10.0 Å². The first kappa shape index (κ1) is 15.2. The number of benzene rings is 1. The number of nitrogens with zero attached hydrogens (tertiary/aromatic N) is 1. The van der Waals surface area contributed by atoms with E-state index >= 15 is 0 Å².